The second-order valence-electron chi connectivity index (χ2n) is 7.68. The molecule has 1 heterocycles. The van der Waals surface area contributed by atoms with Crippen LogP contribution in [-0.4, -0.2) is 35.3 Å². The van der Waals surface area contributed by atoms with Gasteiger partial charge in [-0.2, -0.15) is 0 Å². The lowest BCUT2D eigenvalue weighted by molar-refractivity contribution is -0.139. The first-order chi connectivity index (χ1) is 13.3. The number of carbonyl (C=O) groups is 2. The molecule has 0 unspecified atom stereocenters. The van der Waals surface area contributed by atoms with Gasteiger partial charge in [-0.15, -0.1) is 0 Å². The van der Waals surface area contributed by atoms with Crippen LogP contribution in [0.3, 0.4) is 0 Å². The predicted molar refractivity (Wildman–Crippen MR) is 104 cm³/mol. The Morgan fingerprint density at radius 1 is 1.07 bits per heavy atom. The molecular weight excluding hydrogens is 358 g/mol. The number of esters is 1. The third-order valence-electron chi connectivity index (χ3n) is 4.21. The lowest BCUT2D eigenvalue weighted by atomic mass is 10.1. The molecule has 1 amide bonds. The van der Waals surface area contributed by atoms with Crippen LogP contribution in [0.1, 0.15) is 31.9 Å². The van der Waals surface area contributed by atoms with Gasteiger partial charge in [0.25, 0.3) is 0 Å². The smallest absolute Gasteiger partial charge is 0.413 e. The molecule has 1 aliphatic rings. The van der Waals surface area contributed by atoms with Gasteiger partial charge in [0.2, 0.25) is 0 Å². The summed E-state index contributed by atoms with van der Waals surface area (Å²) in [7, 11) is 0. The fourth-order valence-electron chi connectivity index (χ4n) is 2.89. The minimum Gasteiger partial charge on any atom is -0.488 e. The van der Waals surface area contributed by atoms with Gasteiger partial charge in [0.05, 0.1) is 0 Å². The Balaban J connectivity index is 1.61. The number of amides is 1. The van der Waals surface area contributed by atoms with E-state index >= 15 is 0 Å². The summed E-state index contributed by atoms with van der Waals surface area (Å²) >= 11 is 0. The molecule has 2 aromatic carbocycles. The van der Waals surface area contributed by atoms with Crippen molar-refractivity contribution in [3.8, 4) is 5.75 Å². The molecule has 0 saturated carbocycles. The van der Waals surface area contributed by atoms with Gasteiger partial charge in [0.1, 0.15) is 24.0 Å². The van der Waals surface area contributed by atoms with Crippen molar-refractivity contribution >= 4 is 12.1 Å². The third kappa shape index (κ3) is 5.25. The zero-order valence-corrected chi connectivity index (χ0v) is 16.4. The zero-order valence-electron chi connectivity index (χ0n) is 16.4. The monoisotopic (exact) mass is 383 g/mol. The first-order valence-electron chi connectivity index (χ1n) is 9.24. The highest BCUT2D eigenvalue weighted by atomic mass is 16.6. The topological polar surface area (TPSA) is 65.1 Å². The average molecular weight is 383 g/mol. The molecule has 0 bridgehead atoms. The van der Waals surface area contributed by atoms with Gasteiger partial charge in [0, 0.05) is 6.42 Å². The first kappa shape index (κ1) is 19.7. The van der Waals surface area contributed by atoms with Crippen LogP contribution in [0, 0.1) is 0 Å². The van der Waals surface area contributed by atoms with Crippen LogP contribution in [0.4, 0.5) is 4.79 Å². The number of ether oxygens (including phenoxy) is 3. The summed E-state index contributed by atoms with van der Waals surface area (Å²) in [6, 6.07) is 16.2. The third-order valence-corrected chi connectivity index (χ3v) is 4.21. The molecule has 0 spiro atoms. The zero-order chi connectivity index (χ0) is 20.1. The number of carbonyl (C=O) groups excluding carboxylic acids is 2. The van der Waals surface area contributed by atoms with Crippen LogP contribution in [-0.2, 0) is 27.3 Å². The van der Waals surface area contributed by atoms with E-state index in [1.807, 2.05) is 75.4 Å². The SMILES string of the molecule is CC(C)(C)Oc1ccc(C[C@H]2C(=O)OCN2C(=O)OCc2ccccc2)cc1. The number of benzene rings is 2. The normalized spacial score (nSPS) is 16.6. The van der Waals surface area contributed by atoms with E-state index in [-0.39, 0.29) is 18.9 Å². The maximum Gasteiger partial charge on any atom is 0.413 e. The molecule has 1 saturated heterocycles. The molecule has 0 aromatic heterocycles. The molecule has 0 radical (unpaired) electrons. The fraction of sp³-hybridized carbons (Fsp3) is 0.364. The molecular formula is C22H25NO5. The van der Waals surface area contributed by atoms with Gasteiger partial charge in [0.15, 0.2) is 6.73 Å². The quantitative estimate of drug-likeness (QED) is 0.732. The van der Waals surface area contributed by atoms with E-state index < -0.39 is 18.1 Å². The summed E-state index contributed by atoms with van der Waals surface area (Å²) in [6.45, 7) is 6.00. The molecule has 28 heavy (non-hydrogen) atoms. The van der Waals surface area contributed by atoms with Crippen LogP contribution in [0.2, 0.25) is 0 Å². The van der Waals surface area contributed by atoms with E-state index in [9.17, 15) is 9.59 Å². The lowest BCUT2D eigenvalue weighted by Crippen LogP contribution is -2.39. The molecule has 3 rings (SSSR count). The van der Waals surface area contributed by atoms with E-state index in [1.165, 1.54) is 4.90 Å². The summed E-state index contributed by atoms with van der Waals surface area (Å²) in [5.74, 6) is 0.330. The van der Waals surface area contributed by atoms with Crippen molar-refractivity contribution in [2.75, 3.05) is 6.73 Å². The number of nitrogens with zero attached hydrogens (tertiary/aromatic N) is 1. The number of cyclic esters (lactones) is 1. The summed E-state index contributed by atoms with van der Waals surface area (Å²) in [5.41, 5.74) is 1.51. The molecule has 1 aliphatic heterocycles. The number of hydrogen-bond acceptors (Lipinski definition) is 5. The van der Waals surface area contributed by atoms with E-state index in [0.717, 1.165) is 16.9 Å². The van der Waals surface area contributed by atoms with Gasteiger partial charge in [-0.25, -0.2) is 9.59 Å². The van der Waals surface area contributed by atoms with Crippen LogP contribution in [0.15, 0.2) is 54.6 Å². The van der Waals surface area contributed by atoms with Crippen molar-refractivity contribution in [2.45, 2.75) is 45.4 Å². The van der Waals surface area contributed by atoms with E-state index in [4.69, 9.17) is 14.2 Å². The maximum atomic E-state index is 12.4. The van der Waals surface area contributed by atoms with Gasteiger partial charge < -0.3 is 14.2 Å². The van der Waals surface area contributed by atoms with Gasteiger partial charge in [-0.1, -0.05) is 42.5 Å². The second kappa shape index (κ2) is 8.33. The first-order valence-corrected chi connectivity index (χ1v) is 9.24. The van der Waals surface area contributed by atoms with Crippen LogP contribution in [0.5, 0.6) is 5.75 Å². The standard InChI is InChI=1S/C22H25NO5/c1-22(2,3)28-18-11-9-16(10-12-18)13-19-20(24)27-15-23(19)21(25)26-14-17-7-5-4-6-8-17/h4-12,19H,13-15H2,1-3H3/t19-/m0/s1. The molecule has 6 nitrogen and oxygen atoms in total. The minimum atomic E-state index is -0.697. The number of rotatable bonds is 5. The predicted octanol–water partition coefficient (Wildman–Crippen LogP) is 3.93. The summed E-state index contributed by atoms with van der Waals surface area (Å²) in [6.07, 6.45) is -0.206. The van der Waals surface area contributed by atoms with Crippen LogP contribution in [0.25, 0.3) is 0 Å². The van der Waals surface area contributed by atoms with Crippen molar-refractivity contribution in [1.82, 2.24) is 4.90 Å². The summed E-state index contributed by atoms with van der Waals surface area (Å²) < 4.78 is 16.2. The number of hydrogen-bond donors (Lipinski definition) is 0. The maximum absolute atomic E-state index is 12.4. The largest absolute Gasteiger partial charge is 0.488 e. The van der Waals surface area contributed by atoms with Crippen molar-refractivity contribution in [3.05, 3.63) is 65.7 Å². The van der Waals surface area contributed by atoms with Crippen molar-refractivity contribution in [1.29, 1.82) is 0 Å². The molecule has 2 aromatic rings. The molecule has 148 valence electrons. The highest BCUT2D eigenvalue weighted by molar-refractivity contribution is 5.84. The highest BCUT2D eigenvalue weighted by Gasteiger charge is 2.38. The molecule has 1 fully saturated rings. The lowest BCUT2D eigenvalue weighted by Gasteiger charge is -2.22. The highest BCUT2D eigenvalue weighted by Crippen LogP contribution is 2.22. The Bertz CT molecular complexity index is 811. The van der Waals surface area contributed by atoms with Crippen molar-refractivity contribution in [3.63, 3.8) is 0 Å². The fourth-order valence-corrected chi connectivity index (χ4v) is 2.89. The Labute approximate surface area is 165 Å². The summed E-state index contributed by atoms with van der Waals surface area (Å²) in [5, 5.41) is 0. The van der Waals surface area contributed by atoms with Crippen molar-refractivity contribution in [2.24, 2.45) is 0 Å². The van der Waals surface area contributed by atoms with Crippen LogP contribution >= 0.6 is 0 Å². The molecule has 0 N–H and O–H groups in total. The van der Waals surface area contributed by atoms with E-state index in [1.54, 1.807) is 0 Å². The van der Waals surface area contributed by atoms with Crippen LogP contribution < -0.4 is 4.74 Å². The van der Waals surface area contributed by atoms with Crippen molar-refractivity contribution < 1.29 is 23.8 Å². The Kier molecular flexibility index (Phi) is 5.87. The molecule has 0 aliphatic carbocycles. The van der Waals surface area contributed by atoms with Gasteiger partial charge >= 0.3 is 12.1 Å². The summed E-state index contributed by atoms with van der Waals surface area (Å²) in [4.78, 5) is 25.9. The Hall–Kier alpha value is -3.02. The minimum absolute atomic E-state index is 0.0949. The second-order valence-corrected chi connectivity index (χ2v) is 7.68. The van der Waals surface area contributed by atoms with E-state index in [0.29, 0.717) is 6.42 Å². The molecule has 6 heteroatoms. The van der Waals surface area contributed by atoms with E-state index in [2.05, 4.69) is 0 Å². The molecule has 1 atom stereocenters. The average Bonchev–Trinajstić information content (AvgIpc) is 3.01. The van der Waals surface area contributed by atoms with Gasteiger partial charge in [-0.3, -0.25) is 4.90 Å². The van der Waals surface area contributed by atoms with Gasteiger partial charge in [-0.05, 0) is 44.0 Å². The Morgan fingerprint density at radius 2 is 1.75 bits per heavy atom. The Morgan fingerprint density at radius 3 is 2.39 bits per heavy atom.